The number of aliphatic hydroxyl groups excluding tert-OH is 1. The summed E-state index contributed by atoms with van der Waals surface area (Å²) < 4.78 is 39.5. The highest BCUT2D eigenvalue weighted by molar-refractivity contribution is 4.79. The third-order valence-electron chi connectivity index (χ3n) is 2.41. The predicted molar refractivity (Wildman–Crippen MR) is 55.3 cm³/mol. The van der Waals surface area contributed by atoms with Gasteiger partial charge in [0.25, 0.3) is 0 Å². The topological polar surface area (TPSA) is 41.5 Å². The van der Waals surface area contributed by atoms with Crippen molar-refractivity contribution in [1.29, 1.82) is 0 Å². The second-order valence-corrected chi connectivity index (χ2v) is 4.02. The van der Waals surface area contributed by atoms with E-state index in [1.165, 1.54) is 0 Å². The molecule has 0 aliphatic rings. The van der Waals surface area contributed by atoms with Crippen molar-refractivity contribution < 1.29 is 23.0 Å². The molecular formula is C10H20F3NO2. The van der Waals surface area contributed by atoms with Crippen LogP contribution in [0, 0.1) is 0 Å². The van der Waals surface area contributed by atoms with E-state index in [2.05, 4.69) is 10.1 Å². The van der Waals surface area contributed by atoms with E-state index in [0.29, 0.717) is 13.0 Å². The van der Waals surface area contributed by atoms with Crippen LogP contribution >= 0.6 is 0 Å². The van der Waals surface area contributed by atoms with Crippen LogP contribution in [0.2, 0.25) is 0 Å². The summed E-state index contributed by atoms with van der Waals surface area (Å²) in [7, 11) is 0. The van der Waals surface area contributed by atoms with Gasteiger partial charge in [0.05, 0.1) is 6.61 Å². The third kappa shape index (κ3) is 7.90. The minimum absolute atomic E-state index is 0.00685. The van der Waals surface area contributed by atoms with Gasteiger partial charge in [-0.2, -0.15) is 13.2 Å². The monoisotopic (exact) mass is 243 g/mol. The van der Waals surface area contributed by atoms with Gasteiger partial charge in [0.1, 0.15) is 6.61 Å². The molecule has 0 aromatic carbocycles. The van der Waals surface area contributed by atoms with Crippen molar-refractivity contribution in [3.63, 3.8) is 0 Å². The van der Waals surface area contributed by atoms with Crippen molar-refractivity contribution in [3.8, 4) is 0 Å². The van der Waals surface area contributed by atoms with Crippen molar-refractivity contribution in [2.45, 2.75) is 38.4 Å². The average Bonchev–Trinajstić information content (AvgIpc) is 2.21. The van der Waals surface area contributed by atoms with Crippen LogP contribution in [0.25, 0.3) is 0 Å². The molecule has 0 aromatic rings. The molecule has 3 nitrogen and oxygen atoms in total. The molecule has 0 saturated carbocycles. The Labute approximate surface area is 94.0 Å². The summed E-state index contributed by atoms with van der Waals surface area (Å²) in [6.07, 6.45) is -3.00. The van der Waals surface area contributed by atoms with Crippen LogP contribution < -0.4 is 5.32 Å². The summed E-state index contributed by atoms with van der Waals surface area (Å²) in [6, 6.07) is 0. The third-order valence-corrected chi connectivity index (χ3v) is 2.41. The SMILES string of the molecule is CCC(C)(CO)NCCCOCC(F)(F)F. The Kier molecular flexibility index (Phi) is 6.94. The molecule has 98 valence electrons. The van der Waals surface area contributed by atoms with Gasteiger partial charge in [-0.3, -0.25) is 0 Å². The van der Waals surface area contributed by atoms with E-state index < -0.39 is 12.8 Å². The van der Waals surface area contributed by atoms with Crippen LogP contribution in [0.5, 0.6) is 0 Å². The van der Waals surface area contributed by atoms with Crippen LogP contribution in [0.1, 0.15) is 26.7 Å². The molecule has 1 atom stereocenters. The molecule has 0 spiro atoms. The van der Waals surface area contributed by atoms with Crippen molar-refractivity contribution in [2.24, 2.45) is 0 Å². The molecule has 1 unspecified atom stereocenters. The number of rotatable bonds is 8. The molecule has 0 bridgehead atoms. The number of halogens is 3. The lowest BCUT2D eigenvalue weighted by Crippen LogP contribution is -2.45. The maximum Gasteiger partial charge on any atom is 0.411 e. The van der Waals surface area contributed by atoms with E-state index in [1.54, 1.807) is 0 Å². The van der Waals surface area contributed by atoms with E-state index in [9.17, 15) is 13.2 Å². The number of hydrogen-bond acceptors (Lipinski definition) is 3. The summed E-state index contributed by atoms with van der Waals surface area (Å²) >= 11 is 0. The van der Waals surface area contributed by atoms with Gasteiger partial charge in [-0.15, -0.1) is 0 Å². The van der Waals surface area contributed by atoms with Crippen LogP contribution in [0.4, 0.5) is 13.2 Å². The second kappa shape index (κ2) is 7.09. The lowest BCUT2D eigenvalue weighted by atomic mass is 10.0. The zero-order valence-electron chi connectivity index (χ0n) is 9.73. The van der Waals surface area contributed by atoms with Gasteiger partial charge in [-0.05, 0) is 26.3 Å². The van der Waals surface area contributed by atoms with Crippen molar-refractivity contribution in [3.05, 3.63) is 0 Å². The Balaban J connectivity index is 3.47. The van der Waals surface area contributed by atoms with E-state index in [-0.39, 0.29) is 18.8 Å². The Morgan fingerprint density at radius 3 is 2.38 bits per heavy atom. The van der Waals surface area contributed by atoms with Gasteiger partial charge in [0.15, 0.2) is 0 Å². The minimum atomic E-state index is -4.25. The molecule has 0 radical (unpaired) electrons. The molecule has 0 fully saturated rings. The van der Waals surface area contributed by atoms with Gasteiger partial charge >= 0.3 is 6.18 Å². The molecule has 0 aliphatic carbocycles. The van der Waals surface area contributed by atoms with E-state index in [4.69, 9.17) is 5.11 Å². The highest BCUT2D eigenvalue weighted by atomic mass is 19.4. The standard InChI is InChI=1S/C10H20F3NO2/c1-3-9(2,7-15)14-5-4-6-16-8-10(11,12)13/h14-15H,3-8H2,1-2H3. The first-order valence-corrected chi connectivity index (χ1v) is 5.33. The smallest absolute Gasteiger partial charge is 0.394 e. The first-order valence-electron chi connectivity index (χ1n) is 5.33. The van der Waals surface area contributed by atoms with E-state index >= 15 is 0 Å². The average molecular weight is 243 g/mol. The summed E-state index contributed by atoms with van der Waals surface area (Å²) in [5.74, 6) is 0. The molecule has 2 N–H and O–H groups in total. The van der Waals surface area contributed by atoms with Crippen LogP contribution in [0.15, 0.2) is 0 Å². The quantitative estimate of drug-likeness (QED) is 0.638. The van der Waals surface area contributed by atoms with Gasteiger partial charge < -0.3 is 15.2 Å². The highest BCUT2D eigenvalue weighted by Gasteiger charge is 2.27. The molecule has 0 saturated heterocycles. The molecule has 16 heavy (non-hydrogen) atoms. The fraction of sp³-hybridized carbons (Fsp3) is 1.00. The lowest BCUT2D eigenvalue weighted by molar-refractivity contribution is -0.174. The molecule has 0 aromatic heterocycles. The maximum atomic E-state index is 11.7. The summed E-state index contributed by atoms with van der Waals surface area (Å²) in [5.41, 5.74) is -0.357. The van der Waals surface area contributed by atoms with E-state index in [1.807, 2.05) is 13.8 Å². The predicted octanol–water partition coefficient (Wildman–Crippen LogP) is 1.71. The largest absolute Gasteiger partial charge is 0.411 e. The molecule has 0 aliphatic heterocycles. The van der Waals surface area contributed by atoms with Crippen LogP contribution in [-0.2, 0) is 4.74 Å². The van der Waals surface area contributed by atoms with E-state index in [0.717, 1.165) is 6.42 Å². The van der Waals surface area contributed by atoms with Gasteiger partial charge in [-0.1, -0.05) is 6.92 Å². The molecule has 0 heterocycles. The number of aliphatic hydroxyl groups is 1. The number of nitrogens with one attached hydrogen (secondary N) is 1. The highest BCUT2D eigenvalue weighted by Crippen LogP contribution is 2.14. The maximum absolute atomic E-state index is 11.7. The lowest BCUT2D eigenvalue weighted by Gasteiger charge is -2.27. The summed E-state index contributed by atoms with van der Waals surface area (Å²) in [6.45, 7) is 3.21. The van der Waals surface area contributed by atoms with Crippen molar-refractivity contribution >= 4 is 0 Å². The Morgan fingerprint density at radius 2 is 1.94 bits per heavy atom. The Bertz CT molecular complexity index is 181. The first kappa shape index (κ1) is 15.7. The van der Waals surface area contributed by atoms with Gasteiger partial charge in [0, 0.05) is 12.1 Å². The summed E-state index contributed by atoms with van der Waals surface area (Å²) in [4.78, 5) is 0. The molecule has 6 heteroatoms. The molecular weight excluding hydrogens is 223 g/mol. The number of alkyl halides is 3. The van der Waals surface area contributed by atoms with Crippen molar-refractivity contribution in [1.82, 2.24) is 5.32 Å². The van der Waals surface area contributed by atoms with Crippen LogP contribution in [-0.4, -0.2) is 43.2 Å². The molecule has 0 rings (SSSR count). The fourth-order valence-corrected chi connectivity index (χ4v) is 1.04. The minimum Gasteiger partial charge on any atom is -0.394 e. The van der Waals surface area contributed by atoms with Crippen molar-refractivity contribution in [2.75, 3.05) is 26.4 Å². The second-order valence-electron chi connectivity index (χ2n) is 4.02. The number of ether oxygens (including phenoxy) is 1. The molecule has 0 amide bonds. The van der Waals surface area contributed by atoms with Gasteiger partial charge in [0.2, 0.25) is 0 Å². The fourth-order valence-electron chi connectivity index (χ4n) is 1.04. The Hall–Kier alpha value is -0.330. The Morgan fingerprint density at radius 1 is 1.31 bits per heavy atom. The normalized spacial score (nSPS) is 16.1. The van der Waals surface area contributed by atoms with Crippen LogP contribution in [0.3, 0.4) is 0 Å². The zero-order valence-corrected chi connectivity index (χ0v) is 9.73. The summed E-state index contributed by atoms with van der Waals surface area (Å²) in [5, 5.41) is 12.1. The van der Waals surface area contributed by atoms with Gasteiger partial charge in [-0.25, -0.2) is 0 Å². The zero-order chi connectivity index (χ0) is 12.7. The number of hydrogen-bond donors (Lipinski definition) is 2. The first-order chi connectivity index (χ1) is 7.33.